The Morgan fingerprint density at radius 3 is 2.15 bits per heavy atom. The number of hydrogen-bond acceptors (Lipinski definition) is 10. The van der Waals surface area contributed by atoms with Crippen LogP contribution in [0.3, 0.4) is 0 Å². The van der Waals surface area contributed by atoms with E-state index in [0.29, 0.717) is 35.7 Å². The number of piperidine rings is 2. The summed E-state index contributed by atoms with van der Waals surface area (Å²) >= 11 is 0. The third kappa shape index (κ3) is 7.80. The Morgan fingerprint density at radius 2 is 1.58 bits per heavy atom. The molecule has 0 saturated carbocycles. The number of nitrogens with one attached hydrogen (secondary N) is 1. The van der Waals surface area contributed by atoms with Crippen molar-refractivity contribution in [1.29, 1.82) is 0 Å². The van der Waals surface area contributed by atoms with Crippen LogP contribution in [-0.2, 0) is 19.2 Å². The number of nitrogens with two attached hydrogens (primary N) is 1. The molecule has 1 aromatic heterocycles. The summed E-state index contributed by atoms with van der Waals surface area (Å²) in [7, 11) is 0. The highest BCUT2D eigenvalue weighted by atomic mass is 16.3. The molecule has 3 fully saturated rings. The predicted octanol–water partition coefficient (Wildman–Crippen LogP) is 0.816. The summed E-state index contributed by atoms with van der Waals surface area (Å²) in [4.78, 5) is 64.2. The highest BCUT2D eigenvalue weighted by Crippen LogP contribution is 2.33. The van der Waals surface area contributed by atoms with Crippen LogP contribution in [0.15, 0.2) is 41.6 Å². The summed E-state index contributed by atoms with van der Waals surface area (Å²) < 4.78 is 0. The molecule has 5 aliphatic rings. The third-order valence-electron chi connectivity index (χ3n) is 11.0. The maximum Gasteiger partial charge on any atom is 0.261 e. The van der Waals surface area contributed by atoms with Gasteiger partial charge in [-0.2, -0.15) is 0 Å². The summed E-state index contributed by atoms with van der Waals surface area (Å²) in [6.45, 7) is 10.6. The van der Waals surface area contributed by atoms with Crippen molar-refractivity contribution >= 4 is 35.6 Å². The molecule has 3 saturated heterocycles. The number of primary amides is 1. The lowest BCUT2D eigenvalue weighted by Gasteiger charge is -2.41. The Hall–Kier alpha value is -3.65. The zero-order valence-electron chi connectivity index (χ0n) is 27.8. The summed E-state index contributed by atoms with van der Waals surface area (Å²) in [5.74, 6) is 0.265. The van der Waals surface area contributed by atoms with Crippen LogP contribution in [0.5, 0.6) is 0 Å². The lowest BCUT2D eigenvalue weighted by molar-refractivity contribution is -0.145. The lowest BCUT2D eigenvalue weighted by Crippen LogP contribution is -2.51. The Bertz CT molecular complexity index is 1380. The molecule has 2 unspecified atom stereocenters. The first-order valence-corrected chi connectivity index (χ1v) is 17.6. The number of carbonyl (C=O) groups excluding carboxylic acids is 4. The number of amides is 4. The highest BCUT2D eigenvalue weighted by Gasteiger charge is 2.43. The van der Waals surface area contributed by atoms with Gasteiger partial charge in [0.15, 0.2) is 0 Å². The number of rotatable bonds is 12. The van der Waals surface area contributed by atoms with Gasteiger partial charge in [-0.15, -0.1) is 0 Å². The quantitative estimate of drug-likeness (QED) is 0.216. The van der Waals surface area contributed by atoms with Crippen LogP contribution >= 0.6 is 0 Å². The molecule has 13 heteroatoms. The van der Waals surface area contributed by atoms with Gasteiger partial charge in [0, 0.05) is 82.6 Å². The number of imide groups is 1. The Balaban J connectivity index is 0.891. The maximum absolute atomic E-state index is 13.1. The molecule has 13 nitrogen and oxygen atoms in total. The molecule has 48 heavy (non-hydrogen) atoms. The van der Waals surface area contributed by atoms with Crippen LogP contribution in [0.2, 0.25) is 0 Å². The first-order chi connectivity index (χ1) is 23.3. The molecule has 6 rings (SSSR count). The van der Waals surface area contributed by atoms with Gasteiger partial charge in [-0.25, -0.2) is 4.98 Å². The van der Waals surface area contributed by atoms with Crippen molar-refractivity contribution in [3.63, 3.8) is 0 Å². The minimum absolute atomic E-state index is 0.0520. The fraction of sp³-hybridized carbons (Fsp3) is 0.629. The maximum atomic E-state index is 13.1. The van der Waals surface area contributed by atoms with E-state index in [1.54, 1.807) is 6.08 Å². The van der Waals surface area contributed by atoms with Gasteiger partial charge in [0.2, 0.25) is 12.3 Å². The summed E-state index contributed by atoms with van der Waals surface area (Å²) in [6.07, 6.45) is 12.2. The van der Waals surface area contributed by atoms with E-state index in [1.807, 2.05) is 18.3 Å². The SMILES string of the molecule is NC(=O)C(CCO)N1C(=O)C2=C(CCC(N3CCC(CN4CCN(CC5CCN(c6ccc(NC=O)nc6)CC5)CC4)CC3)C=C2)C1=O. The molecule has 1 aliphatic carbocycles. The second kappa shape index (κ2) is 15.7. The number of likely N-dealkylation sites (tertiary alicyclic amines) is 1. The molecular weight excluding hydrogens is 612 g/mol. The number of piperazine rings is 1. The van der Waals surface area contributed by atoms with E-state index in [0.717, 1.165) is 94.7 Å². The fourth-order valence-corrected chi connectivity index (χ4v) is 8.17. The van der Waals surface area contributed by atoms with Gasteiger partial charge in [-0.3, -0.25) is 29.0 Å². The van der Waals surface area contributed by atoms with Crippen LogP contribution in [0.4, 0.5) is 11.5 Å². The minimum atomic E-state index is -1.13. The van der Waals surface area contributed by atoms with Crippen molar-refractivity contribution in [3.8, 4) is 0 Å². The van der Waals surface area contributed by atoms with Crippen molar-refractivity contribution in [1.82, 2.24) is 24.6 Å². The molecule has 0 spiro atoms. The molecule has 4 N–H and O–H groups in total. The Labute approximate surface area is 282 Å². The average molecular weight is 663 g/mol. The first-order valence-electron chi connectivity index (χ1n) is 17.6. The molecule has 5 heterocycles. The average Bonchev–Trinajstić information content (AvgIpc) is 3.22. The van der Waals surface area contributed by atoms with E-state index in [9.17, 15) is 24.3 Å². The number of hydrogen-bond donors (Lipinski definition) is 3. The number of nitrogens with zero attached hydrogens (tertiary/aromatic N) is 6. The number of aromatic nitrogens is 1. The van der Waals surface area contributed by atoms with Gasteiger partial charge in [-0.1, -0.05) is 12.2 Å². The van der Waals surface area contributed by atoms with Gasteiger partial charge in [0.1, 0.15) is 11.9 Å². The van der Waals surface area contributed by atoms with E-state index < -0.39 is 23.8 Å². The summed E-state index contributed by atoms with van der Waals surface area (Å²) in [5.41, 5.74) is 7.38. The van der Waals surface area contributed by atoms with E-state index in [1.165, 1.54) is 19.4 Å². The van der Waals surface area contributed by atoms with E-state index >= 15 is 0 Å². The predicted molar refractivity (Wildman–Crippen MR) is 182 cm³/mol. The van der Waals surface area contributed by atoms with Gasteiger partial charge < -0.3 is 30.9 Å². The van der Waals surface area contributed by atoms with Crippen molar-refractivity contribution in [3.05, 3.63) is 41.6 Å². The first kappa shape index (κ1) is 34.2. The summed E-state index contributed by atoms with van der Waals surface area (Å²) in [5, 5.41) is 11.9. The number of carbonyl (C=O) groups is 4. The molecule has 0 bridgehead atoms. The van der Waals surface area contributed by atoms with Crippen molar-refractivity contribution in [2.45, 2.75) is 57.0 Å². The molecule has 0 radical (unpaired) electrons. The Morgan fingerprint density at radius 1 is 0.938 bits per heavy atom. The number of pyridine rings is 1. The molecule has 0 aromatic carbocycles. The zero-order valence-corrected chi connectivity index (χ0v) is 27.8. The number of aliphatic hydroxyl groups excluding tert-OH is 1. The third-order valence-corrected chi connectivity index (χ3v) is 11.0. The van der Waals surface area contributed by atoms with E-state index in [2.05, 4.69) is 36.0 Å². The van der Waals surface area contributed by atoms with Crippen LogP contribution < -0.4 is 16.0 Å². The van der Waals surface area contributed by atoms with Gasteiger partial charge in [0.25, 0.3) is 11.8 Å². The topological polar surface area (TPSA) is 156 Å². The molecule has 2 atom stereocenters. The second-order valence-corrected chi connectivity index (χ2v) is 13.9. The minimum Gasteiger partial charge on any atom is -0.396 e. The molecule has 260 valence electrons. The monoisotopic (exact) mass is 662 g/mol. The van der Waals surface area contributed by atoms with E-state index in [-0.39, 0.29) is 19.1 Å². The standard InChI is InChI=1S/C35H50N8O5/c36-33(46)31(11-20-44)43-34(47)29-4-1-27(2-5-30(29)35(43)48)41-12-7-25(8-13-41)22-39-16-18-40(19-17-39)23-26-9-14-42(15-10-26)28-3-6-32(37-21-28)38-24-45/h1,3-4,6,21,24-27,31,44H,2,5,7-20,22-23H2,(H2,36,46)(H,37,38,45). The fourth-order valence-electron chi connectivity index (χ4n) is 8.17. The van der Waals surface area contributed by atoms with Crippen LogP contribution in [0, 0.1) is 11.8 Å². The smallest absolute Gasteiger partial charge is 0.261 e. The van der Waals surface area contributed by atoms with Crippen LogP contribution in [-0.4, -0.2) is 138 Å². The van der Waals surface area contributed by atoms with Crippen molar-refractivity contribution < 1.29 is 24.3 Å². The van der Waals surface area contributed by atoms with Crippen LogP contribution in [0.1, 0.15) is 44.9 Å². The Kier molecular flexibility index (Phi) is 11.2. The zero-order chi connectivity index (χ0) is 33.6. The van der Waals surface area contributed by atoms with Gasteiger partial charge >= 0.3 is 0 Å². The molecule has 4 amide bonds. The number of anilines is 2. The van der Waals surface area contributed by atoms with Crippen LogP contribution in [0.25, 0.3) is 0 Å². The molecule has 1 aromatic rings. The number of aliphatic hydroxyl groups is 1. The highest BCUT2D eigenvalue weighted by molar-refractivity contribution is 6.22. The normalized spacial score (nSPS) is 24.6. The van der Waals surface area contributed by atoms with E-state index in [4.69, 9.17) is 5.73 Å². The second-order valence-electron chi connectivity index (χ2n) is 13.9. The van der Waals surface area contributed by atoms with Gasteiger partial charge in [-0.05, 0) is 75.6 Å². The van der Waals surface area contributed by atoms with Gasteiger partial charge in [0.05, 0.1) is 11.9 Å². The largest absolute Gasteiger partial charge is 0.396 e. The molecular formula is C35H50N8O5. The van der Waals surface area contributed by atoms with Crippen molar-refractivity contribution in [2.75, 3.05) is 82.3 Å². The van der Waals surface area contributed by atoms with Crippen molar-refractivity contribution in [2.24, 2.45) is 17.6 Å². The molecule has 4 aliphatic heterocycles. The summed E-state index contributed by atoms with van der Waals surface area (Å²) in [6, 6.07) is 2.93. The lowest BCUT2D eigenvalue weighted by atomic mass is 9.93.